The molecule has 0 amide bonds. The Morgan fingerprint density at radius 3 is 2.34 bits per heavy atom. The standard InChI is InChI=1S/C26H20Cl2N2O2/c27-17-8-4-9-18(28)23(17)25-24-20(10-5-11-22(24)31)29-21-14-16(12-13-19(21)30-25)26(32)15-6-2-1-3-7-15/h1-4,6-9,12-14,25,29-30H,5,10-11H2/t25-/m1/s1. The molecule has 4 nitrogen and oxygen atoms in total. The number of hydrogen-bond donors (Lipinski definition) is 2. The van der Waals surface area contributed by atoms with Crippen molar-refractivity contribution in [3.63, 3.8) is 0 Å². The first-order valence-electron chi connectivity index (χ1n) is 10.5. The zero-order chi connectivity index (χ0) is 22.2. The van der Waals surface area contributed by atoms with E-state index in [0.29, 0.717) is 38.7 Å². The van der Waals surface area contributed by atoms with E-state index in [0.717, 1.165) is 29.9 Å². The molecule has 1 heterocycles. The number of nitrogens with one attached hydrogen (secondary N) is 2. The molecule has 160 valence electrons. The lowest BCUT2D eigenvalue weighted by molar-refractivity contribution is -0.116. The van der Waals surface area contributed by atoms with Crippen LogP contribution < -0.4 is 10.6 Å². The summed E-state index contributed by atoms with van der Waals surface area (Å²) in [5.41, 5.74) is 4.90. The third-order valence-corrected chi connectivity index (χ3v) is 6.60. The van der Waals surface area contributed by atoms with E-state index in [-0.39, 0.29) is 11.6 Å². The molecule has 6 heteroatoms. The normalized spacial score (nSPS) is 17.6. The summed E-state index contributed by atoms with van der Waals surface area (Å²) in [5.74, 6) is 0.0136. The molecule has 32 heavy (non-hydrogen) atoms. The van der Waals surface area contributed by atoms with Gasteiger partial charge in [0, 0.05) is 44.4 Å². The van der Waals surface area contributed by atoms with Crippen molar-refractivity contribution < 1.29 is 9.59 Å². The minimum absolute atomic E-state index is 0.0564. The molecule has 1 aliphatic carbocycles. The van der Waals surface area contributed by atoms with Gasteiger partial charge in [0.05, 0.1) is 17.4 Å². The van der Waals surface area contributed by atoms with Crippen LogP contribution in [0.25, 0.3) is 0 Å². The Hall–Kier alpha value is -3.08. The maximum absolute atomic E-state index is 13.0. The highest BCUT2D eigenvalue weighted by Crippen LogP contribution is 2.44. The van der Waals surface area contributed by atoms with Gasteiger partial charge in [0.15, 0.2) is 11.6 Å². The molecule has 1 atom stereocenters. The van der Waals surface area contributed by atoms with Crippen molar-refractivity contribution in [3.8, 4) is 0 Å². The number of anilines is 2. The molecule has 0 unspecified atom stereocenters. The van der Waals surface area contributed by atoms with E-state index >= 15 is 0 Å². The quantitative estimate of drug-likeness (QED) is 0.419. The molecule has 2 aliphatic rings. The summed E-state index contributed by atoms with van der Waals surface area (Å²) < 4.78 is 0. The fourth-order valence-corrected chi connectivity index (χ4v) is 5.01. The number of rotatable bonds is 3. The van der Waals surface area contributed by atoms with Crippen molar-refractivity contribution >= 4 is 46.1 Å². The van der Waals surface area contributed by atoms with Crippen molar-refractivity contribution in [2.24, 2.45) is 0 Å². The molecule has 0 saturated heterocycles. The first-order valence-corrected chi connectivity index (χ1v) is 11.3. The molecule has 0 fully saturated rings. The summed E-state index contributed by atoms with van der Waals surface area (Å²) in [5, 5.41) is 7.91. The van der Waals surface area contributed by atoms with E-state index in [1.807, 2.05) is 30.3 Å². The van der Waals surface area contributed by atoms with Gasteiger partial charge in [-0.05, 0) is 43.2 Å². The van der Waals surface area contributed by atoms with Crippen LogP contribution in [0.1, 0.15) is 46.8 Å². The number of ketones is 2. The number of carbonyl (C=O) groups excluding carboxylic acids is 2. The van der Waals surface area contributed by atoms with Crippen molar-refractivity contribution in [1.82, 2.24) is 0 Å². The van der Waals surface area contributed by atoms with Gasteiger partial charge in [0.2, 0.25) is 0 Å². The molecule has 3 aromatic rings. The van der Waals surface area contributed by atoms with Gasteiger partial charge in [-0.2, -0.15) is 0 Å². The molecule has 2 N–H and O–H groups in total. The summed E-state index contributed by atoms with van der Waals surface area (Å²) in [7, 11) is 0. The van der Waals surface area contributed by atoms with Crippen molar-refractivity contribution in [2.75, 3.05) is 10.6 Å². The van der Waals surface area contributed by atoms with Crippen LogP contribution in [0.3, 0.4) is 0 Å². The molecule has 0 saturated carbocycles. The van der Waals surface area contributed by atoms with E-state index in [1.165, 1.54) is 0 Å². The molecule has 0 bridgehead atoms. The Labute approximate surface area is 196 Å². The molecule has 0 radical (unpaired) electrons. The average Bonchev–Trinajstić information content (AvgIpc) is 2.96. The highest BCUT2D eigenvalue weighted by atomic mass is 35.5. The van der Waals surface area contributed by atoms with Crippen LogP contribution >= 0.6 is 23.2 Å². The van der Waals surface area contributed by atoms with Crippen molar-refractivity contribution in [3.05, 3.63) is 105 Å². The van der Waals surface area contributed by atoms with Gasteiger partial charge in [0.1, 0.15) is 0 Å². The minimum atomic E-state index is -0.483. The number of allylic oxidation sites excluding steroid dienone is 1. The summed E-state index contributed by atoms with van der Waals surface area (Å²) >= 11 is 13.1. The van der Waals surface area contributed by atoms with Crippen LogP contribution in [0, 0.1) is 0 Å². The monoisotopic (exact) mass is 462 g/mol. The molecule has 0 aromatic heterocycles. The zero-order valence-corrected chi connectivity index (χ0v) is 18.6. The first-order chi connectivity index (χ1) is 15.5. The Bertz CT molecular complexity index is 1250. The lowest BCUT2D eigenvalue weighted by atomic mass is 9.86. The smallest absolute Gasteiger partial charge is 0.193 e. The van der Waals surface area contributed by atoms with Gasteiger partial charge in [-0.1, -0.05) is 59.6 Å². The van der Waals surface area contributed by atoms with Crippen molar-refractivity contribution in [1.29, 1.82) is 0 Å². The molecule has 1 aliphatic heterocycles. The van der Waals surface area contributed by atoms with Gasteiger partial charge < -0.3 is 10.6 Å². The van der Waals surface area contributed by atoms with Crippen LogP contribution in [-0.4, -0.2) is 11.6 Å². The maximum Gasteiger partial charge on any atom is 0.193 e. The third-order valence-electron chi connectivity index (χ3n) is 5.94. The Morgan fingerprint density at radius 2 is 1.59 bits per heavy atom. The van der Waals surface area contributed by atoms with Crippen molar-refractivity contribution in [2.45, 2.75) is 25.3 Å². The topological polar surface area (TPSA) is 58.2 Å². The van der Waals surface area contributed by atoms with Gasteiger partial charge in [0.25, 0.3) is 0 Å². The van der Waals surface area contributed by atoms with Crippen LogP contribution in [0.2, 0.25) is 10.0 Å². The van der Waals surface area contributed by atoms with Gasteiger partial charge in [-0.25, -0.2) is 0 Å². The number of Topliss-reactive ketones (excluding diaryl/α,β-unsaturated/α-hetero) is 1. The molecule has 5 rings (SSSR count). The van der Waals surface area contributed by atoms with E-state index < -0.39 is 6.04 Å². The van der Waals surface area contributed by atoms with E-state index in [4.69, 9.17) is 23.2 Å². The lowest BCUT2D eigenvalue weighted by Crippen LogP contribution is -2.24. The number of carbonyl (C=O) groups is 2. The van der Waals surface area contributed by atoms with Crippen LogP contribution in [0.15, 0.2) is 78.0 Å². The summed E-state index contributed by atoms with van der Waals surface area (Å²) in [6, 6.07) is 19.5. The lowest BCUT2D eigenvalue weighted by Gasteiger charge is -2.26. The zero-order valence-electron chi connectivity index (χ0n) is 17.1. The molecular weight excluding hydrogens is 443 g/mol. The molecule has 0 spiro atoms. The fraction of sp³-hybridized carbons (Fsp3) is 0.154. The predicted octanol–water partition coefficient (Wildman–Crippen LogP) is 6.81. The predicted molar refractivity (Wildman–Crippen MR) is 129 cm³/mol. The minimum Gasteiger partial charge on any atom is -0.372 e. The molecular formula is C26H20Cl2N2O2. The fourth-order valence-electron chi connectivity index (χ4n) is 4.39. The number of hydrogen-bond acceptors (Lipinski definition) is 4. The summed E-state index contributed by atoms with van der Waals surface area (Å²) in [6.07, 6.45) is 1.98. The van der Waals surface area contributed by atoms with E-state index in [9.17, 15) is 9.59 Å². The Kier molecular flexibility index (Phi) is 5.50. The second kappa shape index (κ2) is 8.45. The van der Waals surface area contributed by atoms with E-state index in [1.54, 1.807) is 36.4 Å². The average molecular weight is 463 g/mol. The summed E-state index contributed by atoms with van der Waals surface area (Å²) in [4.78, 5) is 26.0. The largest absolute Gasteiger partial charge is 0.372 e. The SMILES string of the molecule is O=C1CCCC2=C1[C@@H](c1c(Cl)cccc1Cl)Nc1ccc(C(=O)c3ccccc3)cc1N2. The number of fused-ring (bicyclic) bond motifs is 1. The Balaban J connectivity index is 1.62. The van der Waals surface area contributed by atoms with Gasteiger partial charge in [-0.3, -0.25) is 9.59 Å². The van der Waals surface area contributed by atoms with Gasteiger partial charge in [-0.15, -0.1) is 0 Å². The first kappa shape index (κ1) is 20.8. The third kappa shape index (κ3) is 3.70. The maximum atomic E-state index is 13.0. The highest BCUT2D eigenvalue weighted by molar-refractivity contribution is 6.36. The van der Waals surface area contributed by atoms with Crippen LogP contribution in [0.5, 0.6) is 0 Å². The van der Waals surface area contributed by atoms with Crippen LogP contribution in [0.4, 0.5) is 11.4 Å². The Morgan fingerprint density at radius 1 is 0.844 bits per heavy atom. The molecule has 3 aromatic carbocycles. The highest BCUT2D eigenvalue weighted by Gasteiger charge is 2.34. The number of benzene rings is 3. The second-order valence-electron chi connectivity index (χ2n) is 7.96. The van der Waals surface area contributed by atoms with Crippen LogP contribution in [-0.2, 0) is 4.79 Å². The second-order valence-corrected chi connectivity index (χ2v) is 8.78. The summed E-state index contributed by atoms with van der Waals surface area (Å²) in [6.45, 7) is 0. The van der Waals surface area contributed by atoms with Gasteiger partial charge >= 0.3 is 0 Å². The number of halogens is 2. The van der Waals surface area contributed by atoms with E-state index in [2.05, 4.69) is 10.6 Å².